The molecule has 1 fully saturated rings. The lowest BCUT2D eigenvalue weighted by molar-refractivity contribution is -0.00276. The second-order valence-electron chi connectivity index (χ2n) is 5.21. The standard InChI is InChI=1S/C15H16N4O2S/c1-9-13(10(2)18-17-9)12-8-21-5-4-19(12)15(20)14-11(7-16)3-6-22-14/h3,6,12H,4-5,8H2,1-2H3,(H,17,18)/t12-/m0/s1. The summed E-state index contributed by atoms with van der Waals surface area (Å²) in [6.45, 7) is 5.32. The molecule has 0 aliphatic carbocycles. The Bertz CT molecular complexity index is 724. The van der Waals surface area contributed by atoms with E-state index in [4.69, 9.17) is 10.00 Å². The summed E-state index contributed by atoms with van der Waals surface area (Å²) < 4.78 is 5.57. The first-order valence-electron chi connectivity index (χ1n) is 7.01. The minimum Gasteiger partial charge on any atom is -0.377 e. The van der Waals surface area contributed by atoms with Gasteiger partial charge in [-0.15, -0.1) is 11.3 Å². The van der Waals surface area contributed by atoms with Crippen LogP contribution < -0.4 is 0 Å². The van der Waals surface area contributed by atoms with Gasteiger partial charge in [0.25, 0.3) is 5.91 Å². The van der Waals surface area contributed by atoms with Crippen LogP contribution in [0.25, 0.3) is 0 Å². The highest BCUT2D eigenvalue weighted by molar-refractivity contribution is 7.12. The first-order valence-corrected chi connectivity index (χ1v) is 7.89. The molecule has 0 saturated carbocycles. The molecule has 114 valence electrons. The van der Waals surface area contributed by atoms with E-state index in [-0.39, 0.29) is 11.9 Å². The number of amides is 1. The van der Waals surface area contributed by atoms with Gasteiger partial charge in [0.15, 0.2) is 0 Å². The summed E-state index contributed by atoms with van der Waals surface area (Å²) in [4.78, 5) is 15.2. The highest BCUT2D eigenvalue weighted by atomic mass is 32.1. The molecule has 0 spiro atoms. The Morgan fingerprint density at radius 1 is 1.59 bits per heavy atom. The van der Waals surface area contributed by atoms with Crippen molar-refractivity contribution in [2.24, 2.45) is 0 Å². The van der Waals surface area contributed by atoms with Crippen LogP contribution in [0.2, 0.25) is 0 Å². The molecule has 0 unspecified atom stereocenters. The number of nitriles is 1. The van der Waals surface area contributed by atoms with Crippen molar-refractivity contribution in [1.29, 1.82) is 5.26 Å². The molecule has 1 amide bonds. The van der Waals surface area contributed by atoms with Crippen LogP contribution in [0.5, 0.6) is 0 Å². The number of H-pyrrole nitrogens is 1. The number of hydrogen-bond donors (Lipinski definition) is 1. The van der Waals surface area contributed by atoms with E-state index in [1.54, 1.807) is 16.3 Å². The van der Waals surface area contributed by atoms with E-state index in [2.05, 4.69) is 16.3 Å². The first kappa shape index (κ1) is 14.8. The molecule has 0 bridgehead atoms. The molecule has 0 radical (unpaired) electrons. The predicted octanol–water partition coefficient (Wildman–Crippen LogP) is 2.17. The molecule has 7 heteroatoms. The zero-order valence-electron chi connectivity index (χ0n) is 12.4. The van der Waals surface area contributed by atoms with E-state index in [1.165, 1.54) is 11.3 Å². The maximum atomic E-state index is 12.9. The van der Waals surface area contributed by atoms with Crippen molar-refractivity contribution in [3.63, 3.8) is 0 Å². The van der Waals surface area contributed by atoms with E-state index in [9.17, 15) is 4.79 Å². The normalized spacial score (nSPS) is 18.2. The van der Waals surface area contributed by atoms with Crippen LogP contribution in [0.15, 0.2) is 11.4 Å². The van der Waals surface area contributed by atoms with Crippen LogP contribution >= 0.6 is 11.3 Å². The van der Waals surface area contributed by atoms with Crippen molar-refractivity contribution in [2.75, 3.05) is 19.8 Å². The third-order valence-corrected chi connectivity index (χ3v) is 4.79. The predicted molar refractivity (Wildman–Crippen MR) is 81.7 cm³/mol. The highest BCUT2D eigenvalue weighted by Crippen LogP contribution is 2.31. The topological polar surface area (TPSA) is 82.0 Å². The van der Waals surface area contributed by atoms with Crippen LogP contribution in [-0.2, 0) is 4.74 Å². The molecular weight excluding hydrogens is 300 g/mol. The third kappa shape index (κ3) is 2.40. The second kappa shape index (κ2) is 5.91. The number of nitrogens with one attached hydrogen (secondary N) is 1. The summed E-state index contributed by atoms with van der Waals surface area (Å²) in [6.07, 6.45) is 0. The SMILES string of the molecule is Cc1n[nH]c(C)c1[C@@H]1COCCN1C(=O)c1sccc1C#N. The molecule has 1 aliphatic rings. The van der Waals surface area contributed by atoms with Gasteiger partial charge in [-0.05, 0) is 25.3 Å². The molecule has 0 aromatic carbocycles. The van der Waals surface area contributed by atoms with Crippen LogP contribution in [0.4, 0.5) is 0 Å². The zero-order valence-corrected chi connectivity index (χ0v) is 13.2. The van der Waals surface area contributed by atoms with E-state index < -0.39 is 0 Å². The number of thiophene rings is 1. The second-order valence-corrected chi connectivity index (χ2v) is 6.13. The molecule has 1 saturated heterocycles. The number of aromatic nitrogens is 2. The van der Waals surface area contributed by atoms with Crippen LogP contribution in [0.1, 0.15) is 38.2 Å². The Morgan fingerprint density at radius 3 is 3.09 bits per heavy atom. The molecule has 2 aromatic heterocycles. The van der Waals surface area contributed by atoms with Crippen molar-refractivity contribution in [2.45, 2.75) is 19.9 Å². The quantitative estimate of drug-likeness (QED) is 0.920. The summed E-state index contributed by atoms with van der Waals surface area (Å²) in [5, 5.41) is 18.1. The Kier molecular flexibility index (Phi) is 3.96. The largest absolute Gasteiger partial charge is 0.377 e. The Balaban J connectivity index is 1.97. The number of aryl methyl sites for hydroxylation is 2. The van der Waals surface area contributed by atoms with E-state index in [0.29, 0.717) is 30.2 Å². The van der Waals surface area contributed by atoms with Gasteiger partial charge in [-0.2, -0.15) is 10.4 Å². The molecule has 22 heavy (non-hydrogen) atoms. The van der Waals surface area contributed by atoms with Gasteiger partial charge in [-0.25, -0.2) is 0 Å². The lowest BCUT2D eigenvalue weighted by Gasteiger charge is -2.35. The average Bonchev–Trinajstić information content (AvgIpc) is 3.13. The van der Waals surface area contributed by atoms with Gasteiger partial charge < -0.3 is 9.64 Å². The van der Waals surface area contributed by atoms with Crippen molar-refractivity contribution < 1.29 is 9.53 Å². The average molecular weight is 316 g/mol. The number of rotatable bonds is 2. The maximum absolute atomic E-state index is 12.9. The number of hydrogen-bond acceptors (Lipinski definition) is 5. The number of morpholine rings is 1. The van der Waals surface area contributed by atoms with Crippen LogP contribution in [-0.4, -0.2) is 40.8 Å². The van der Waals surface area contributed by atoms with E-state index >= 15 is 0 Å². The minimum atomic E-state index is -0.173. The van der Waals surface area contributed by atoms with Crippen molar-refractivity contribution in [1.82, 2.24) is 15.1 Å². The van der Waals surface area contributed by atoms with Crippen molar-refractivity contribution >= 4 is 17.2 Å². The summed E-state index contributed by atoms with van der Waals surface area (Å²) >= 11 is 1.31. The lowest BCUT2D eigenvalue weighted by Crippen LogP contribution is -2.43. The van der Waals surface area contributed by atoms with Gasteiger partial charge in [-0.3, -0.25) is 9.89 Å². The lowest BCUT2D eigenvalue weighted by atomic mass is 10.0. The summed E-state index contributed by atoms with van der Waals surface area (Å²) in [5.74, 6) is -0.111. The van der Waals surface area contributed by atoms with Gasteiger partial charge >= 0.3 is 0 Å². The Hall–Kier alpha value is -2.17. The monoisotopic (exact) mass is 316 g/mol. The number of nitrogens with zero attached hydrogens (tertiary/aromatic N) is 3. The zero-order chi connectivity index (χ0) is 15.7. The molecule has 3 heterocycles. The first-order chi connectivity index (χ1) is 10.6. The van der Waals surface area contributed by atoms with E-state index in [0.717, 1.165) is 17.0 Å². The summed E-state index contributed by atoms with van der Waals surface area (Å²) in [7, 11) is 0. The van der Waals surface area contributed by atoms with Gasteiger partial charge in [0.2, 0.25) is 0 Å². The highest BCUT2D eigenvalue weighted by Gasteiger charge is 2.33. The van der Waals surface area contributed by atoms with Crippen LogP contribution in [0.3, 0.4) is 0 Å². The smallest absolute Gasteiger partial charge is 0.265 e. The number of carbonyl (C=O) groups is 1. The number of aromatic amines is 1. The van der Waals surface area contributed by atoms with Crippen molar-refractivity contribution in [3.8, 4) is 6.07 Å². The molecule has 1 N–H and O–H groups in total. The van der Waals surface area contributed by atoms with E-state index in [1.807, 2.05) is 13.8 Å². The molecule has 1 atom stereocenters. The molecular formula is C15H16N4O2S. The van der Waals surface area contributed by atoms with Gasteiger partial charge in [-0.1, -0.05) is 0 Å². The van der Waals surface area contributed by atoms with Gasteiger partial charge in [0, 0.05) is 17.8 Å². The molecule has 6 nitrogen and oxygen atoms in total. The summed E-state index contributed by atoms with van der Waals surface area (Å²) in [5.41, 5.74) is 3.25. The molecule has 1 aliphatic heterocycles. The third-order valence-electron chi connectivity index (χ3n) is 3.89. The number of carbonyl (C=O) groups excluding carboxylic acids is 1. The fourth-order valence-corrected chi connectivity index (χ4v) is 3.63. The maximum Gasteiger partial charge on any atom is 0.265 e. The Labute approximate surface area is 132 Å². The minimum absolute atomic E-state index is 0.111. The molecule has 2 aromatic rings. The summed E-state index contributed by atoms with van der Waals surface area (Å²) in [6, 6.07) is 3.59. The number of ether oxygens (including phenoxy) is 1. The van der Waals surface area contributed by atoms with Crippen molar-refractivity contribution in [3.05, 3.63) is 38.8 Å². The van der Waals surface area contributed by atoms with Crippen LogP contribution in [0, 0.1) is 25.2 Å². The molecule has 3 rings (SSSR count). The van der Waals surface area contributed by atoms with Gasteiger partial charge in [0.05, 0.1) is 30.5 Å². The van der Waals surface area contributed by atoms with Gasteiger partial charge in [0.1, 0.15) is 10.9 Å². The fraction of sp³-hybridized carbons (Fsp3) is 0.400. The fourth-order valence-electron chi connectivity index (χ4n) is 2.83. The Morgan fingerprint density at radius 2 is 2.41 bits per heavy atom.